The molecule has 1 atom stereocenters. The molecule has 2 heterocycles. The van der Waals surface area contributed by atoms with Crippen LogP contribution in [0.3, 0.4) is 0 Å². The smallest absolute Gasteiger partial charge is 0.326 e. The van der Waals surface area contributed by atoms with E-state index in [1.54, 1.807) is 24.2 Å². The van der Waals surface area contributed by atoms with Crippen LogP contribution in [0.5, 0.6) is 0 Å². The van der Waals surface area contributed by atoms with Gasteiger partial charge in [-0.3, -0.25) is 4.79 Å². The first-order valence-corrected chi connectivity index (χ1v) is 6.96. The van der Waals surface area contributed by atoms with Crippen LogP contribution in [-0.4, -0.2) is 48.9 Å². The summed E-state index contributed by atoms with van der Waals surface area (Å²) in [7, 11) is 1.78. The van der Waals surface area contributed by atoms with Crippen LogP contribution in [0.15, 0.2) is 35.1 Å². The molecule has 0 radical (unpaired) electrons. The summed E-state index contributed by atoms with van der Waals surface area (Å²) in [5.41, 5.74) is 4.57. The van der Waals surface area contributed by atoms with Gasteiger partial charge in [0.05, 0.1) is 18.9 Å². The average Bonchev–Trinajstić information content (AvgIpc) is 2.82. The maximum absolute atomic E-state index is 11.1. The van der Waals surface area contributed by atoms with E-state index in [0.717, 1.165) is 11.3 Å². The number of carbonyl (C=O) groups is 1. The highest BCUT2D eigenvalue weighted by Gasteiger charge is 2.30. The lowest BCUT2D eigenvalue weighted by Crippen LogP contribution is -2.39. The van der Waals surface area contributed by atoms with Gasteiger partial charge in [-0.05, 0) is 19.9 Å². The molecule has 0 aromatic carbocycles. The number of allylic oxidation sites excluding steroid dienone is 1. The maximum Gasteiger partial charge on any atom is 0.326 e. The Labute approximate surface area is 123 Å². The Morgan fingerprint density at radius 3 is 2.71 bits per heavy atom. The lowest BCUT2D eigenvalue weighted by molar-refractivity contribution is -0.138. The molecule has 2 aliphatic heterocycles. The fraction of sp³-hybridized carbons (Fsp3) is 0.500. The molecule has 0 amide bonds. The standard InChI is InChI=1S/C14H21N3O4/c1-4-20-12-7-13(21-5-2)15-8-9(12)11-6-10(14(18)19)16-17(11)3/h6-7,10,15-16H,4-5,8H2,1-3H3,(H,18,19). The minimum atomic E-state index is -0.912. The van der Waals surface area contributed by atoms with Crippen molar-refractivity contribution in [1.29, 1.82) is 0 Å². The van der Waals surface area contributed by atoms with Crippen LogP contribution in [-0.2, 0) is 14.3 Å². The number of ether oxygens (including phenoxy) is 2. The zero-order chi connectivity index (χ0) is 15.4. The number of likely N-dealkylation sites (N-methyl/N-ethyl adjacent to an activating group) is 1. The lowest BCUT2D eigenvalue weighted by Gasteiger charge is -2.25. The minimum Gasteiger partial charge on any atom is -0.493 e. The number of carboxylic acid groups (broad SMARTS) is 1. The first-order chi connectivity index (χ1) is 10.1. The van der Waals surface area contributed by atoms with E-state index in [4.69, 9.17) is 14.6 Å². The van der Waals surface area contributed by atoms with Gasteiger partial charge in [0.15, 0.2) is 5.88 Å². The van der Waals surface area contributed by atoms with Crippen molar-refractivity contribution in [3.8, 4) is 0 Å². The van der Waals surface area contributed by atoms with Crippen molar-refractivity contribution in [1.82, 2.24) is 15.8 Å². The molecular formula is C14H21N3O4. The van der Waals surface area contributed by atoms with Crippen LogP contribution >= 0.6 is 0 Å². The van der Waals surface area contributed by atoms with E-state index < -0.39 is 12.0 Å². The van der Waals surface area contributed by atoms with Crippen LogP contribution in [0.1, 0.15) is 13.8 Å². The van der Waals surface area contributed by atoms with Crippen LogP contribution in [0.2, 0.25) is 0 Å². The van der Waals surface area contributed by atoms with E-state index in [1.807, 2.05) is 13.8 Å². The van der Waals surface area contributed by atoms with E-state index in [2.05, 4.69) is 10.7 Å². The van der Waals surface area contributed by atoms with E-state index in [1.165, 1.54) is 0 Å². The van der Waals surface area contributed by atoms with Gasteiger partial charge in [-0.1, -0.05) is 0 Å². The molecule has 7 nitrogen and oxygen atoms in total. The Morgan fingerprint density at radius 2 is 2.14 bits per heavy atom. The number of nitrogens with zero attached hydrogens (tertiary/aromatic N) is 1. The van der Waals surface area contributed by atoms with Gasteiger partial charge in [-0.15, -0.1) is 0 Å². The van der Waals surface area contributed by atoms with E-state index in [-0.39, 0.29) is 0 Å². The SMILES string of the molecule is CCOC1=CC(OCC)=C(C2=CC(C(=O)O)NN2C)CN1. The maximum atomic E-state index is 11.1. The van der Waals surface area contributed by atoms with Crippen molar-refractivity contribution in [2.45, 2.75) is 19.9 Å². The van der Waals surface area contributed by atoms with Gasteiger partial charge in [0.1, 0.15) is 11.8 Å². The van der Waals surface area contributed by atoms with E-state index >= 15 is 0 Å². The molecule has 0 saturated heterocycles. The summed E-state index contributed by atoms with van der Waals surface area (Å²) in [6.07, 6.45) is 3.48. The number of rotatable bonds is 6. The van der Waals surface area contributed by atoms with Gasteiger partial charge in [0.25, 0.3) is 0 Å². The molecule has 0 saturated carbocycles. The van der Waals surface area contributed by atoms with Crippen molar-refractivity contribution in [3.63, 3.8) is 0 Å². The summed E-state index contributed by atoms with van der Waals surface area (Å²) in [5.74, 6) is 0.448. The molecule has 2 rings (SSSR count). The van der Waals surface area contributed by atoms with Crippen molar-refractivity contribution < 1.29 is 19.4 Å². The van der Waals surface area contributed by atoms with Crippen LogP contribution in [0.25, 0.3) is 0 Å². The Balaban J connectivity index is 2.32. The third-order valence-electron chi connectivity index (χ3n) is 3.19. The van der Waals surface area contributed by atoms with Gasteiger partial charge in [-0.25, -0.2) is 5.43 Å². The zero-order valence-electron chi connectivity index (χ0n) is 12.5. The molecule has 0 spiro atoms. The predicted molar refractivity (Wildman–Crippen MR) is 76.8 cm³/mol. The number of carboxylic acids is 1. The molecule has 7 heteroatoms. The highest BCUT2D eigenvalue weighted by atomic mass is 16.5. The molecule has 2 aliphatic rings. The van der Waals surface area contributed by atoms with E-state index in [0.29, 0.717) is 31.4 Å². The highest BCUT2D eigenvalue weighted by Crippen LogP contribution is 2.26. The van der Waals surface area contributed by atoms with Gasteiger partial charge in [0.2, 0.25) is 0 Å². The number of nitrogens with one attached hydrogen (secondary N) is 2. The molecule has 0 aromatic rings. The molecule has 0 bridgehead atoms. The number of hydrogen-bond donors (Lipinski definition) is 3. The van der Waals surface area contributed by atoms with Crippen LogP contribution < -0.4 is 10.7 Å². The van der Waals surface area contributed by atoms with Gasteiger partial charge in [0, 0.05) is 25.2 Å². The Morgan fingerprint density at radius 1 is 1.43 bits per heavy atom. The number of aliphatic carboxylic acids is 1. The summed E-state index contributed by atoms with van der Waals surface area (Å²) < 4.78 is 11.1. The molecule has 0 fully saturated rings. The first-order valence-electron chi connectivity index (χ1n) is 6.96. The second-order valence-corrected chi connectivity index (χ2v) is 4.63. The van der Waals surface area contributed by atoms with Crippen LogP contribution in [0, 0.1) is 0 Å². The summed E-state index contributed by atoms with van der Waals surface area (Å²) in [6.45, 7) is 5.44. The van der Waals surface area contributed by atoms with Crippen LogP contribution in [0.4, 0.5) is 0 Å². The minimum absolute atomic E-state index is 0.519. The van der Waals surface area contributed by atoms with Gasteiger partial charge in [-0.2, -0.15) is 0 Å². The molecule has 3 N–H and O–H groups in total. The van der Waals surface area contributed by atoms with Crippen molar-refractivity contribution in [2.24, 2.45) is 0 Å². The van der Waals surface area contributed by atoms with Crippen molar-refractivity contribution >= 4 is 5.97 Å². The second-order valence-electron chi connectivity index (χ2n) is 4.63. The number of hydrogen-bond acceptors (Lipinski definition) is 6. The van der Waals surface area contributed by atoms with Gasteiger partial charge < -0.3 is 24.9 Å². The second kappa shape index (κ2) is 6.53. The average molecular weight is 295 g/mol. The number of dihydropyridines is 1. The fourth-order valence-corrected chi connectivity index (χ4v) is 2.28. The highest BCUT2D eigenvalue weighted by molar-refractivity contribution is 5.77. The summed E-state index contributed by atoms with van der Waals surface area (Å²) >= 11 is 0. The molecule has 116 valence electrons. The van der Waals surface area contributed by atoms with Gasteiger partial charge >= 0.3 is 5.97 Å². The monoisotopic (exact) mass is 295 g/mol. The summed E-state index contributed by atoms with van der Waals surface area (Å²) in [4.78, 5) is 11.1. The quantitative estimate of drug-likeness (QED) is 0.660. The van der Waals surface area contributed by atoms with Crippen molar-refractivity contribution in [2.75, 3.05) is 26.8 Å². The topological polar surface area (TPSA) is 83.1 Å². The zero-order valence-corrected chi connectivity index (χ0v) is 12.5. The summed E-state index contributed by atoms with van der Waals surface area (Å²) in [6, 6.07) is -0.724. The predicted octanol–water partition coefficient (Wildman–Crippen LogP) is 0.545. The molecule has 0 aromatic heterocycles. The van der Waals surface area contributed by atoms with Crippen molar-refractivity contribution in [3.05, 3.63) is 35.1 Å². The molecule has 21 heavy (non-hydrogen) atoms. The molecule has 0 aliphatic carbocycles. The number of hydrazine groups is 1. The largest absolute Gasteiger partial charge is 0.493 e. The first kappa shape index (κ1) is 15.2. The third kappa shape index (κ3) is 3.30. The fourth-order valence-electron chi connectivity index (χ4n) is 2.28. The Bertz CT molecular complexity index is 510. The molecular weight excluding hydrogens is 274 g/mol. The Kier molecular flexibility index (Phi) is 4.74. The lowest BCUT2D eigenvalue weighted by atomic mass is 10.1. The van der Waals surface area contributed by atoms with E-state index in [9.17, 15) is 4.79 Å². The molecule has 1 unspecified atom stereocenters. The normalized spacial score (nSPS) is 21.7. The Hall–Kier alpha value is -2.15. The third-order valence-corrected chi connectivity index (χ3v) is 3.19. The summed E-state index contributed by atoms with van der Waals surface area (Å²) in [5, 5.41) is 14.0.